The van der Waals surface area contributed by atoms with Crippen molar-refractivity contribution >= 4 is 17.4 Å². The number of hydrogen-bond donors (Lipinski definition) is 2. The number of hydrogen-bond acceptors (Lipinski definition) is 2. The Labute approximate surface area is 191 Å². The maximum Gasteiger partial charge on any atom is 0.323 e. The molecule has 0 spiro atoms. The summed E-state index contributed by atoms with van der Waals surface area (Å²) in [5.74, 6) is 0. The minimum absolute atomic E-state index is 0.251. The average molecular weight is 426 g/mol. The van der Waals surface area contributed by atoms with Crippen molar-refractivity contribution in [2.75, 3.05) is 17.2 Å². The predicted molar refractivity (Wildman–Crippen MR) is 135 cm³/mol. The van der Waals surface area contributed by atoms with Crippen molar-refractivity contribution in [2.45, 2.75) is 26.9 Å². The molecule has 0 saturated heterocycles. The van der Waals surface area contributed by atoms with Crippen LogP contribution >= 0.6 is 0 Å². The minimum Gasteiger partial charge on any atom is -0.308 e. The smallest absolute Gasteiger partial charge is 0.308 e. The Balaban J connectivity index is 1.64. The third-order valence-electron chi connectivity index (χ3n) is 5.06. The molecule has 0 fully saturated rings. The number of nitrogens with zero attached hydrogens (tertiary/aromatic N) is 1. The Morgan fingerprint density at radius 2 is 1.28 bits per heavy atom. The lowest BCUT2D eigenvalue weighted by Crippen LogP contribution is -2.25. The fraction of sp³-hybridized carbons (Fsp3) is 0.179. The van der Waals surface area contributed by atoms with Gasteiger partial charge in [0.1, 0.15) is 0 Å². The molecule has 3 rings (SSSR count). The van der Waals surface area contributed by atoms with Crippen LogP contribution in [-0.2, 0) is 13.1 Å². The van der Waals surface area contributed by atoms with Gasteiger partial charge in [0.2, 0.25) is 0 Å². The molecule has 0 bridgehead atoms. The first-order valence-corrected chi connectivity index (χ1v) is 10.9. The van der Waals surface area contributed by atoms with Gasteiger partial charge in [-0.25, -0.2) is 4.79 Å². The first-order chi connectivity index (χ1) is 15.7. The van der Waals surface area contributed by atoms with Crippen LogP contribution in [0.3, 0.4) is 0 Å². The van der Waals surface area contributed by atoms with Gasteiger partial charge in [-0.2, -0.15) is 0 Å². The molecule has 164 valence electrons. The first kappa shape index (κ1) is 23.0. The second-order valence-electron chi connectivity index (χ2n) is 7.64. The van der Waals surface area contributed by atoms with Crippen LogP contribution in [-0.4, -0.2) is 17.5 Å². The molecule has 0 aliphatic rings. The van der Waals surface area contributed by atoms with Gasteiger partial charge >= 0.3 is 6.03 Å². The van der Waals surface area contributed by atoms with E-state index < -0.39 is 0 Å². The Morgan fingerprint density at radius 3 is 1.84 bits per heavy atom. The van der Waals surface area contributed by atoms with Crippen molar-refractivity contribution in [3.8, 4) is 0 Å². The highest BCUT2D eigenvalue weighted by molar-refractivity contribution is 5.99. The summed E-state index contributed by atoms with van der Waals surface area (Å²) in [6.45, 7) is 6.69. The minimum atomic E-state index is -0.251. The molecule has 0 unspecified atom stereocenters. The van der Waals surface area contributed by atoms with Crippen molar-refractivity contribution in [3.63, 3.8) is 0 Å². The van der Waals surface area contributed by atoms with E-state index in [2.05, 4.69) is 77.1 Å². The zero-order valence-electron chi connectivity index (χ0n) is 18.8. The third-order valence-corrected chi connectivity index (χ3v) is 5.06. The van der Waals surface area contributed by atoms with Crippen LogP contribution in [0.25, 0.3) is 0 Å². The number of anilines is 2. The van der Waals surface area contributed by atoms with Crippen molar-refractivity contribution in [3.05, 3.63) is 120 Å². The van der Waals surface area contributed by atoms with Crippen molar-refractivity contribution in [1.29, 1.82) is 0 Å². The largest absolute Gasteiger partial charge is 0.323 e. The number of benzene rings is 3. The molecule has 0 aliphatic carbocycles. The van der Waals surface area contributed by atoms with E-state index in [4.69, 9.17) is 0 Å². The SMILES string of the molecule is CC=CC(=CC)CN(Cc1ccccc1)Cc1ccc(NC(=O)Nc2ccccc2)cc1. The lowest BCUT2D eigenvalue weighted by Gasteiger charge is -2.23. The summed E-state index contributed by atoms with van der Waals surface area (Å²) in [4.78, 5) is 14.6. The molecule has 0 aromatic heterocycles. The van der Waals surface area contributed by atoms with Crippen LogP contribution in [0.5, 0.6) is 0 Å². The molecule has 0 heterocycles. The summed E-state index contributed by atoms with van der Waals surface area (Å²) < 4.78 is 0. The Hall–Kier alpha value is -3.63. The summed E-state index contributed by atoms with van der Waals surface area (Å²) in [6.07, 6.45) is 6.41. The van der Waals surface area contributed by atoms with Gasteiger partial charge in [0.05, 0.1) is 0 Å². The van der Waals surface area contributed by atoms with E-state index in [1.54, 1.807) is 0 Å². The number of nitrogens with one attached hydrogen (secondary N) is 2. The van der Waals surface area contributed by atoms with Gasteiger partial charge in [-0.15, -0.1) is 0 Å². The molecular weight excluding hydrogens is 394 g/mol. The summed E-state index contributed by atoms with van der Waals surface area (Å²) in [5, 5.41) is 5.72. The quantitative estimate of drug-likeness (QED) is 0.368. The van der Waals surface area contributed by atoms with E-state index >= 15 is 0 Å². The van der Waals surface area contributed by atoms with Crippen LogP contribution in [0.15, 0.2) is 109 Å². The lowest BCUT2D eigenvalue weighted by molar-refractivity contribution is 0.262. The van der Waals surface area contributed by atoms with Gasteiger partial charge in [-0.1, -0.05) is 78.9 Å². The molecule has 0 radical (unpaired) electrons. The van der Waals surface area contributed by atoms with Gasteiger partial charge in [-0.3, -0.25) is 4.90 Å². The predicted octanol–water partition coefficient (Wildman–Crippen LogP) is 6.86. The van der Waals surface area contributed by atoms with E-state index in [9.17, 15) is 4.79 Å². The van der Waals surface area contributed by atoms with Gasteiger partial charge in [0.15, 0.2) is 0 Å². The van der Waals surface area contributed by atoms with Crippen molar-refractivity contribution in [2.24, 2.45) is 0 Å². The standard InChI is InChI=1S/C28H31N3O/c1-3-11-23(4-2)20-31(21-24-12-7-5-8-13-24)22-25-16-18-27(19-17-25)30-28(32)29-26-14-9-6-10-15-26/h3-19H,20-22H2,1-2H3,(H2,29,30,32). The van der Waals surface area contributed by atoms with E-state index in [1.807, 2.05) is 55.5 Å². The zero-order valence-corrected chi connectivity index (χ0v) is 18.8. The number of amides is 2. The van der Waals surface area contributed by atoms with Crippen LogP contribution in [0, 0.1) is 0 Å². The number of carbonyl (C=O) groups excluding carboxylic acids is 1. The number of rotatable bonds is 9. The zero-order chi connectivity index (χ0) is 22.6. The highest BCUT2D eigenvalue weighted by Gasteiger charge is 2.09. The van der Waals surface area contributed by atoms with E-state index in [0.29, 0.717) is 0 Å². The molecule has 32 heavy (non-hydrogen) atoms. The van der Waals surface area contributed by atoms with E-state index in [1.165, 1.54) is 16.7 Å². The van der Waals surface area contributed by atoms with E-state index in [0.717, 1.165) is 31.0 Å². The van der Waals surface area contributed by atoms with Gasteiger partial charge < -0.3 is 10.6 Å². The van der Waals surface area contributed by atoms with E-state index in [-0.39, 0.29) is 6.03 Å². The maximum absolute atomic E-state index is 12.2. The van der Waals surface area contributed by atoms with Gasteiger partial charge in [0, 0.05) is 31.0 Å². The lowest BCUT2D eigenvalue weighted by atomic mass is 10.1. The fourth-order valence-electron chi connectivity index (χ4n) is 3.49. The Morgan fingerprint density at radius 1 is 0.750 bits per heavy atom. The van der Waals surface area contributed by atoms with Crippen molar-refractivity contribution < 1.29 is 4.79 Å². The number of urea groups is 1. The molecule has 4 nitrogen and oxygen atoms in total. The Kier molecular flexibility index (Phi) is 8.84. The van der Waals surface area contributed by atoms with Crippen LogP contribution in [0.4, 0.5) is 16.2 Å². The summed E-state index contributed by atoms with van der Waals surface area (Å²) >= 11 is 0. The summed E-state index contributed by atoms with van der Waals surface area (Å²) in [5.41, 5.74) is 5.31. The summed E-state index contributed by atoms with van der Waals surface area (Å²) in [7, 11) is 0. The number of carbonyl (C=O) groups is 1. The maximum atomic E-state index is 12.2. The molecule has 2 N–H and O–H groups in total. The fourth-order valence-corrected chi connectivity index (χ4v) is 3.49. The van der Waals surface area contributed by atoms with Crippen molar-refractivity contribution in [1.82, 2.24) is 4.90 Å². The molecule has 3 aromatic carbocycles. The Bertz CT molecular complexity index is 1030. The average Bonchev–Trinajstić information content (AvgIpc) is 2.81. The van der Waals surface area contributed by atoms with Crippen LogP contribution < -0.4 is 10.6 Å². The third kappa shape index (κ3) is 7.56. The monoisotopic (exact) mass is 425 g/mol. The molecule has 4 heteroatoms. The van der Waals surface area contributed by atoms with Crippen LogP contribution in [0.1, 0.15) is 25.0 Å². The molecule has 0 atom stereocenters. The first-order valence-electron chi connectivity index (χ1n) is 10.9. The second kappa shape index (κ2) is 12.3. The molecule has 0 saturated carbocycles. The molecule has 0 aliphatic heterocycles. The van der Waals surface area contributed by atoms with Gasteiger partial charge in [0.25, 0.3) is 0 Å². The topological polar surface area (TPSA) is 44.4 Å². The molecule has 3 aromatic rings. The summed E-state index contributed by atoms with van der Waals surface area (Å²) in [6, 6.07) is 27.7. The normalized spacial score (nSPS) is 11.7. The number of allylic oxidation sites excluding steroid dienone is 2. The van der Waals surface area contributed by atoms with Crippen LogP contribution in [0.2, 0.25) is 0 Å². The second-order valence-corrected chi connectivity index (χ2v) is 7.64. The molecule has 2 amide bonds. The highest BCUT2D eigenvalue weighted by atomic mass is 16.2. The van der Waals surface area contributed by atoms with Gasteiger partial charge in [-0.05, 0) is 54.8 Å². The highest BCUT2D eigenvalue weighted by Crippen LogP contribution is 2.16. The number of para-hydroxylation sites is 1. The molecular formula is C28H31N3O.